The van der Waals surface area contributed by atoms with Crippen molar-refractivity contribution in [1.82, 2.24) is 10.2 Å². The first kappa shape index (κ1) is 20.0. The van der Waals surface area contributed by atoms with Crippen LogP contribution in [0.1, 0.15) is 12.5 Å². The number of likely N-dealkylation sites (N-methyl/N-ethyl adjacent to an activating group) is 1. The molecule has 1 amide bonds. The number of nitrogens with zero attached hydrogens (tertiary/aromatic N) is 3. The second-order valence-corrected chi connectivity index (χ2v) is 6.82. The highest BCUT2D eigenvalue weighted by atomic mass is 32.1. The first-order chi connectivity index (χ1) is 12.4. The fourth-order valence-electron chi connectivity index (χ4n) is 3.01. The average Bonchev–Trinajstić information content (AvgIpc) is 2.64. The Morgan fingerprint density at radius 2 is 1.88 bits per heavy atom. The van der Waals surface area contributed by atoms with Crippen molar-refractivity contribution in [2.24, 2.45) is 5.92 Å². The third-order valence-corrected chi connectivity index (χ3v) is 5.02. The number of carbonyl (C=O) groups is 1. The van der Waals surface area contributed by atoms with Crippen LogP contribution in [0.5, 0.6) is 0 Å². The van der Waals surface area contributed by atoms with Crippen molar-refractivity contribution < 1.29 is 9.53 Å². The highest BCUT2D eigenvalue weighted by molar-refractivity contribution is 7.84. The highest BCUT2D eigenvalue weighted by Gasteiger charge is 2.48. The Hall–Kier alpha value is -2.32. The van der Waals surface area contributed by atoms with Crippen LogP contribution in [0.25, 0.3) is 0 Å². The zero-order valence-corrected chi connectivity index (χ0v) is 15.8. The number of carbonyl (C=O) groups excluding carboxylic acids is 1. The summed E-state index contributed by atoms with van der Waals surface area (Å²) >= 11 is 4.15. The second-order valence-electron chi connectivity index (χ2n) is 6.37. The van der Waals surface area contributed by atoms with Gasteiger partial charge in [-0.15, -0.1) is 12.6 Å². The van der Waals surface area contributed by atoms with E-state index in [0.29, 0.717) is 5.57 Å². The van der Waals surface area contributed by atoms with Gasteiger partial charge in [0.2, 0.25) is 5.91 Å². The van der Waals surface area contributed by atoms with E-state index in [1.54, 1.807) is 19.1 Å². The molecule has 2 atom stereocenters. The molecule has 1 saturated heterocycles. The zero-order chi connectivity index (χ0) is 19.2. The molecule has 1 N–H and O–H groups in total. The number of morpholine rings is 1. The summed E-state index contributed by atoms with van der Waals surface area (Å²) in [5.74, 6) is -1.39. The number of nitrogens with one attached hydrogen (secondary N) is 1. The lowest BCUT2D eigenvalue weighted by Crippen LogP contribution is -2.48. The molecule has 0 aromatic heterocycles. The van der Waals surface area contributed by atoms with Crippen LogP contribution in [0, 0.1) is 28.6 Å². The molecule has 7 heteroatoms. The third kappa shape index (κ3) is 4.08. The summed E-state index contributed by atoms with van der Waals surface area (Å²) in [6.45, 7) is 5.75. The summed E-state index contributed by atoms with van der Waals surface area (Å²) < 4.78 is 5.10. The van der Waals surface area contributed by atoms with Crippen molar-refractivity contribution in [1.29, 1.82) is 10.5 Å². The van der Waals surface area contributed by atoms with Crippen molar-refractivity contribution in [2.45, 2.75) is 12.3 Å². The van der Waals surface area contributed by atoms with Crippen LogP contribution in [0.4, 0.5) is 0 Å². The lowest BCUT2D eigenvalue weighted by molar-refractivity contribution is -0.124. The Kier molecular flexibility index (Phi) is 6.82. The number of hydrogen-bond donors (Lipinski definition) is 2. The van der Waals surface area contributed by atoms with Gasteiger partial charge < -0.3 is 15.0 Å². The summed E-state index contributed by atoms with van der Waals surface area (Å²) in [5, 5.41) is 21.3. The van der Waals surface area contributed by atoms with Crippen molar-refractivity contribution in [3.8, 4) is 12.1 Å². The zero-order valence-electron chi connectivity index (χ0n) is 14.9. The van der Waals surface area contributed by atoms with Gasteiger partial charge in [-0.05, 0) is 19.5 Å². The Labute approximate surface area is 159 Å². The fourth-order valence-corrected chi connectivity index (χ4v) is 3.40. The molecule has 0 spiro atoms. The average molecular weight is 370 g/mol. The minimum absolute atomic E-state index is 0.213. The van der Waals surface area contributed by atoms with Crippen molar-refractivity contribution in [2.75, 3.05) is 33.4 Å². The molecule has 2 unspecified atom stereocenters. The summed E-state index contributed by atoms with van der Waals surface area (Å²) in [5.41, 5.74) is 0.0668. The Balaban J connectivity index is 0.000000290. The minimum Gasteiger partial charge on any atom is -0.379 e. The predicted molar refractivity (Wildman–Crippen MR) is 101 cm³/mol. The van der Waals surface area contributed by atoms with Crippen LogP contribution in [0.15, 0.2) is 40.9 Å². The number of amides is 1. The molecular formula is C19H22N4O2S. The van der Waals surface area contributed by atoms with E-state index in [1.807, 2.05) is 24.3 Å². The SMILES string of the molecule is CC1(c2ccccc2)C(C#N)=C(S)NC(=O)C1C#N.CN1CCOCC1. The van der Waals surface area contributed by atoms with Gasteiger partial charge >= 0.3 is 0 Å². The molecule has 0 bridgehead atoms. The minimum atomic E-state index is -0.982. The summed E-state index contributed by atoms with van der Waals surface area (Å²) in [4.78, 5) is 14.2. The molecule has 2 aliphatic heterocycles. The quantitative estimate of drug-likeness (QED) is 0.736. The number of benzene rings is 1. The highest BCUT2D eigenvalue weighted by Crippen LogP contribution is 2.43. The molecule has 2 heterocycles. The molecule has 1 fully saturated rings. The van der Waals surface area contributed by atoms with Gasteiger partial charge in [-0.25, -0.2) is 0 Å². The van der Waals surface area contributed by atoms with Gasteiger partial charge in [0, 0.05) is 13.1 Å². The Morgan fingerprint density at radius 3 is 2.35 bits per heavy atom. The lowest BCUT2D eigenvalue weighted by atomic mass is 9.66. The number of nitriles is 2. The molecule has 3 rings (SSSR count). The van der Waals surface area contributed by atoms with Gasteiger partial charge in [0.1, 0.15) is 5.92 Å². The molecule has 26 heavy (non-hydrogen) atoms. The van der Waals surface area contributed by atoms with E-state index in [2.05, 4.69) is 36.0 Å². The van der Waals surface area contributed by atoms with Crippen LogP contribution in [0.3, 0.4) is 0 Å². The number of allylic oxidation sites excluding steroid dienone is 1. The van der Waals surface area contributed by atoms with Gasteiger partial charge in [-0.1, -0.05) is 30.3 Å². The summed E-state index contributed by atoms with van der Waals surface area (Å²) in [6.07, 6.45) is 0. The van der Waals surface area contributed by atoms with Crippen LogP contribution in [-0.2, 0) is 14.9 Å². The van der Waals surface area contributed by atoms with E-state index in [0.717, 1.165) is 31.9 Å². The second kappa shape index (κ2) is 8.86. The van der Waals surface area contributed by atoms with E-state index in [4.69, 9.17) is 4.74 Å². The maximum atomic E-state index is 12.0. The first-order valence-electron chi connectivity index (χ1n) is 8.31. The molecular weight excluding hydrogens is 348 g/mol. The fraction of sp³-hybridized carbons (Fsp3) is 0.421. The van der Waals surface area contributed by atoms with Crippen LogP contribution in [0.2, 0.25) is 0 Å². The van der Waals surface area contributed by atoms with Gasteiger partial charge in [0.15, 0.2) is 0 Å². The molecule has 136 valence electrons. The van der Waals surface area contributed by atoms with Gasteiger partial charge in [-0.2, -0.15) is 10.5 Å². The maximum Gasteiger partial charge on any atom is 0.243 e. The summed E-state index contributed by atoms with van der Waals surface area (Å²) in [6, 6.07) is 13.1. The lowest BCUT2D eigenvalue weighted by Gasteiger charge is -2.37. The van der Waals surface area contributed by atoms with E-state index in [1.165, 1.54) is 0 Å². The van der Waals surface area contributed by atoms with Crippen molar-refractivity contribution >= 4 is 18.5 Å². The van der Waals surface area contributed by atoms with Crippen LogP contribution in [-0.4, -0.2) is 44.2 Å². The van der Waals surface area contributed by atoms with E-state index in [9.17, 15) is 15.3 Å². The normalized spacial score (nSPS) is 26.0. The van der Waals surface area contributed by atoms with Crippen molar-refractivity contribution in [3.05, 3.63) is 46.5 Å². The van der Waals surface area contributed by atoms with E-state index < -0.39 is 17.2 Å². The monoisotopic (exact) mass is 370 g/mol. The largest absolute Gasteiger partial charge is 0.379 e. The molecule has 1 aromatic carbocycles. The number of ether oxygens (including phenoxy) is 1. The van der Waals surface area contributed by atoms with E-state index in [-0.39, 0.29) is 5.03 Å². The predicted octanol–water partition coefficient (Wildman–Crippen LogP) is 1.83. The molecule has 6 nitrogen and oxygen atoms in total. The Bertz CT molecular complexity index is 760. The maximum absolute atomic E-state index is 12.0. The molecule has 1 aromatic rings. The molecule has 0 saturated carbocycles. The van der Waals surface area contributed by atoms with Crippen LogP contribution >= 0.6 is 12.6 Å². The summed E-state index contributed by atoms with van der Waals surface area (Å²) in [7, 11) is 2.11. The topological polar surface area (TPSA) is 89.2 Å². The third-order valence-electron chi connectivity index (χ3n) is 4.69. The van der Waals surface area contributed by atoms with Crippen molar-refractivity contribution in [3.63, 3.8) is 0 Å². The molecule has 0 aliphatic carbocycles. The van der Waals surface area contributed by atoms with Gasteiger partial charge in [0.25, 0.3) is 0 Å². The molecule has 0 radical (unpaired) electrons. The van der Waals surface area contributed by atoms with E-state index >= 15 is 0 Å². The van der Waals surface area contributed by atoms with Gasteiger partial charge in [0.05, 0.1) is 41.4 Å². The number of thiol groups is 1. The van der Waals surface area contributed by atoms with Gasteiger partial charge in [-0.3, -0.25) is 4.79 Å². The van der Waals surface area contributed by atoms with Crippen LogP contribution < -0.4 is 5.32 Å². The smallest absolute Gasteiger partial charge is 0.243 e. The standard InChI is InChI=1S/C14H11N3OS.C5H11NO/c1-14(9-5-3-2-4-6-9)10(7-15)12(18)17-13(19)11(14)8-16;1-6-2-4-7-5-3-6/h2-6,10,19H,1H3,(H,17,18);2-5H2,1H3. The number of hydrogen-bond acceptors (Lipinski definition) is 6. The Morgan fingerprint density at radius 1 is 1.27 bits per heavy atom. The molecule has 2 aliphatic rings. The first-order valence-corrected chi connectivity index (χ1v) is 8.76. The number of rotatable bonds is 1.